The van der Waals surface area contributed by atoms with Crippen LogP contribution >= 0.6 is 0 Å². The van der Waals surface area contributed by atoms with Crippen LogP contribution in [0, 0.1) is 19.8 Å². The number of aryl methyl sites for hydroxylation is 2. The minimum Gasteiger partial charge on any atom is -0.480 e. The monoisotopic (exact) mass is 372 g/mol. The second kappa shape index (κ2) is 8.11. The smallest absolute Gasteiger partial charge is 0.326 e. The number of benzene rings is 1. The standard InChI is InChI=1S/C21H28N2O4/c1-14-10-15(2)12-17(11-14)19(24)22-8-5-6-16(13-22)20(25)23-9-4-3-7-18(23)21(26)27/h10-12,16,18H,3-9,13H2,1-2H3,(H,26,27)/t16?,18-/m1/s1. The fourth-order valence-corrected chi connectivity index (χ4v) is 4.33. The number of nitrogens with zero attached hydrogens (tertiary/aromatic N) is 2. The van der Waals surface area contributed by atoms with Crippen LogP contribution in [0.2, 0.25) is 0 Å². The number of hydrogen-bond acceptors (Lipinski definition) is 3. The lowest BCUT2D eigenvalue weighted by molar-refractivity contribution is -0.154. The molecule has 2 atom stereocenters. The van der Waals surface area contributed by atoms with E-state index in [1.54, 1.807) is 4.90 Å². The van der Waals surface area contributed by atoms with Crippen molar-refractivity contribution >= 4 is 17.8 Å². The molecule has 1 aromatic carbocycles. The molecule has 2 aliphatic heterocycles. The Kier molecular flexibility index (Phi) is 5.82. The number of likely N-dealkylation sites (tertiary alicyclic amines) is 2. The molecule has 1 unspecified atom stereocenters. The Morgan fingerprint density at radius 1 is 0.963 bits per heavy atom. The number of carboxylic acids is 1. The summed E-state index contributed by atoms with van der Waals surface area (Å²) in [5, 5.41) is 9.44. The second-order valence-corrected chi connectivity index (χ2v) is 7.85. The van der Waals surface area contributed by atoms with Gasteiger partial charge in [-0.05, 0) is 58.1 Å². The van der Waals surface area contributed by atoms with E-state index in [4.69, 9.17) is 0 Å². The highest BCUT2D eigenvalue weighted by Gasteiger charge is 2.37. The molecule has 6 heteroatoms. The lowest BCUT2D eigenvalue weighted by atomic mass is 9.93. The first kappa shape index (κ1) is 19.4. The molecule has 0 bridgehead atoms. The Hall–Kier alpha value is -2.37. The zero-order valence-corrected chi connectivity index (χ0v) is 16.1. The van der Waals surface area contributed by atoms with Gasteiger partial charge in [-0.1, -0.05) is 17.2 Å². The average Bonchev–Trinajstić information content (AvgIpc) is 2.66. The number of piperidine rings is 2. The maximum atomic E-state index is 13.0. The van der Waals surface area contributed by atoms with Crippen LogP contribution in [0.1, 0.15) is 53.6 Å². The van der Waals surface area contributed by atoms with Crippen molar-refractivity contribution in [2.45, 2.75) is 52.0 Å². The van der Waals surface area contributed by atoms with E-state index in [1.807, 2.05) is 32.0 Å². The van der Waals surface area contributed by atoms with Crippen molar-refractivity contribution < 1.29 is 19.5 Å². The number of aliphatic carboxylic acids is 1. The molecule has 146 valence electrons. The van der Waals surface area contributed by atoms with E-state index in [0.29, 0.717) is 38.0 Å². The molecule has 0 spiro atoms. The predicted octanol–water partition coefficient (Wildman–Crippen LogP) is 2.62. The van der Waals surface area contributed by atoms with Crippen molar-refractivity contribution in [1.82, 2.24) is 9.80 Å². The van der Waals surface area contributed by atoms with E-state index in [0.717, 1.165) is 30.4 Å². The fourth-order valence-electron chi connectivity index (χ4n) is 4.33. The lowest BCUT2D eigenvalue weighted by Crippen LogP contribution is -2.53. The van der Waals surface area contributed by atoms with E-state index >= 15 is 0 Å². The summed E-state index contributed by atoms with van der Waals surface area (Å²) < 4.78 is 0. The van der Waals surface area contributed by atoms with Gasteiger partial charge in [0.2, 0.25) is 5.91 Å². The van der Waals surface area contributed by atoms with Crippen molar-refractivity contribution in [3.05, 3.63) is 34.9 Å². The van der Waals surface area contributed by atoms with Gasteiger partial charge in [0.05, 0.1) is 5.92 Å². The molecule has 2 amide bonds. The molecule has 2 saturated heterocycles. The molecule has 2 fully saturated rings. The number of hydrogen-bond donors (Lipinski definition) is 1. The van der Waals surface area contributed by atoms with Crippen LogP contribution in [0.4, 0.5) is 0 Å². The molecule has 3 rings (SSSR count). The van der Waals surface area contributed by atoms with Gasteiger partial charge in [0.1, 0.15) is 6.04 Å². The van der Waals surface area contributed by atoms with Crippen molar-refractivity contribution in [3.63, 3.8) is 0 Å². The van der Waals surface area contributed by atoms with E-state index in [2.05, 4.69) is 0 Å². The molecular formula is C21H28N2O4. The van der Waals surface area contributed by atoms with Gasteiger partial charge in [-0.25, -0.2) is 4.79 Å². The Labute approximate surface area is 160 Å². The summed E-state index contributed by atoms with van der Waals surface area (Å²) in [6, 6.07) is 5.07. The zero-order valence-electron chi connectivity index (χ0n) is 16.1. The summed E-state index contributed by atoms with van der Waals surface area (Å²) >= 11 is 0. The Morgan fingerprint density at radius 2 is 1.67 bits per heavy atom. The normalized spacial score (nSPS) is 23.2. The van der Waals surface area contributed by atoms with Gasteiger partial charge in [0.15, 0.2) is 0 Å². The van der Waals surface area contributed by atoms with Gasteiger partial charge < -0.3 is 14.9 Å². The van der Waals surface area contributed by atoms with E-state index in [1.165, 1.54) is 4.90 Å². The first-order valence-electron chi connectivity index (χ1n) is 9.77. The molecule has 0 saturated carbocycles. The largest absolute Gasteiger partial charge is 0.480 e. The second-order valence-electron chi connectivity index (χ2n) is 7.85. The van der Waals surface area contributed by atoms with Crippen LogP contribution in [-0.4, -0.2) is 58.4 Å². The van der Waals surface area contributed by atoms with Gasteiger partial charge >= 0.3 is 5.97 Å². The van der Waals surface area contributed by atoms with Crippen LogP contribution in [-0.2, 0) is 9.59 Å². The highest BCUT2D eigenvalue weighted by Crippen LogP contribution is 2.25. The molecule has 0 aromatic heterocycles. The van der Waals surface area contributed by atoms with Gasteiger partial charge in [0.25, 0.3) is 5.91 Å². The summed E-state index contributed by atoms with van der Waals surface area (Å²) in [5.41, 5.74) is 2.74. The SMILES string of the molecule is Cc1cc(C)cc(C(=O)N2CCCC(C(=O)N3CCCC[C@@H]3C(=O)O)C2)c1. The molecule has 6 nitrogen and oxygen atoms in total. The number of carbonyl (C=O) groups excluding carboxylic acids is 2. The lowest BCUT2D eigenvalue weighted by Gasteiger charge is -2.38. The van der Waals surface area contributed by atoms with Crippen molar-refractivity contribution in [2.24, 2.45) is 5.92 Å². The van der Waals surface area contributed by atoms with Crippen LogP contribution in [0.5, 0.6) is 0 Å². The number of carbonyl (C=O) groups is 3. The third kappa shape index (κ3) is 4.31. The van der Waals surface area contributed by atoms with Crippen LogP contribution in [0.25, 0.3) is 0 Å². The first-order chi connectivity index (χ1) is 12.9. The third-order valence-corrected chi connectivity index (χ3v) is 5.60. The zero-order chi connectivity index (χ0) is 19.6. The number of amides is 2. The summed E-state index contributed by atoms with van der Waals surface area (Å²) in [4.78, 5) is 40.7. The number of rotatable bonds is 3. The molecule has 27 heavy (non-hydrogen) atoms. The van der Waals surface area contributed by atoms with Gasteiger partial charge in [-0.3, -0.25) is 9.59 Å². The molecule has 0 radical (unpaired) electrons. The topological polar surface area (TPSA) is 77.9 Å². The van der Waals surface area contributed by atoms with Gasteiger partial charge in [-0.2, -0.15) is 0 Å². The van der Waals surface area contributed by atoms with E-state index in [9.17, 15) is 19.5 Å². The van der Waals surface area contributed by atoms with Crippen LogP contribution < -0.4 is 0 Å². The average molecular weight is 372 g/mol. The summed E-state index contributed by atoms with van der Waals surface area (Å²) in [7, 11) is 0. The summed E-state index contributed by atoms with van der Waals surface area (Å²) in [5.74, 6) is -1.40. The first-order valence-corrected chi connectivity index (χ1v) is 9.77. The fraction of sp³-hybridized carbons (Fsp3) is 0.571. The maximum absolute atomic E-state index is 13.0. The summed E-state index contributed by atoms with van der Waals surface area (Å²) in [6.07, 6.45) is 3.66. The molecular weight excluding hydrogens is 344 g/mol. The van der Waals surface area contributed by atoms with Crippen molar-refractivity contribution in [2.75, 3.05) is 19.6 Å². The van der Waals surface area contributed by atoms with Crippen LogP contribution in [0.15, 0.2) is 18.2 Å². The Balaban J connectivity index is 1.72. The molecule has 2 aliphatic rings. The number of carboxylic acid groups (broad SMARTS) is 1. The minimum atomic E-state index is -0.929. The third-order valence-electron chi connectivity index (χ3n) is 5.60. The molecule has 0 aliphatic carbocycles. The highest BCUT2D eigenvalue weighted by atomic mass is 16.4. The Bertz CT molecular complexity index is 725. The van der Waals surface area contributed by atoms with Crippen molar-refractivity contribution in [3.8, 4) is 0 Å². The summed E-state index contributed by atoms with van der Waals surface area (Å²) in [6.45, 7) is 5.44. The molecule has 1 N–H and O–H groups in total. The highest BCUT2D eigenvalue weighted by molar-refractivity contribution is 5.95. The van der Waals surface area contributed by atoms with Gasteiger partial charge in [0, 0.05) is 25.2 Å². The van der Waals surface area contributed by atoms with Crippen LogP contribution in [0.3, 0.4) is 0 Å². The predicted molar refractivity (Wildman–Crippen MR) is 102 cm³/mol. The molecule has 1 aromatic rings. The Morgan fingerprint density at radius 3 is 2.33 bits per heavy atom. The maximum Gasteiger partial charge on any atom is 0.326 e. The minimum absolute atomic E-state index is 0.0484. The van der Waals surface area contributed by atoms with Crippen molar-refractivity contribution in [1.29, 1.82) is 0 Å². The molecule has 2 heterocycles. The van der Waals surface area contributed by atoms with Gasteiger partial charge in [-0.15, -0.1) is 0 Å². The van der Waals surface area contributed by atoms with E-state index in [-0.39, 0.29) is 17.7 Å². The quantitative estimate of drug-likeness (QED) is 0.885. The van der Waals surface area contributed by atoms with E-state index < -0.39 is 12.0 Å².